The van der Waals surface area contributed by atoms with Gasteiger partial charge < -0.3 is 14.5 Å². The average molecular weight is 341 g/mol. The second kappa shape index (κ2) is 7.84. The number of rotatable bonds is 7. The zero-order valence-corrected chi connectivity index (χ0v) is 14.2. The molecule has 0 radical (unpaired) electrons. The molecule has 4 nitrogen and oxygen atoms in total. The number of hydrogen-bond acceptors (Lipinski definition) is 4. The van der Waals surface area contributed by atoms with E-state index in [4.69, 9.17) is 9.15 Å². The van der Waals surface area contributed by atoms with E-state index in [1.165, 1.54) is 11.3 Å². The Balaban J connectivity index is 1.68. The molecule has 5 heteroatoms. The molecule has 124 valence electrons. The molecule has 3 aromatic rings. The van der Waals surface area contributed by atoms with Crippen molar-refractivity contribution in [3.8, 4) is 5.75 Å². The molecule has 0 aliphatic carbocycles. The third kappa shape index (κ3) is 3.86. The van der Waals surface area contributed by atoms with Crippen LogP contribution in [0.2, 0.25) is 0 Å². The zero-order chi connectivity index (χ0) is 16.8. The second-order valence-corrected chi connectivity index (χ2v) is 6.31. The van der Waals surface area contributed by atoms with Crippen LogP contribution in [0.4, 0.5) is 0 Å². The largest absolute Gasteiger partial charge is 0.497 e. The molecule has 3 rings (SSSR count). The topological polar surface area (TPSA) is 51.5 Å². The van der Waals surface area contributed by atoms with Gasteiger partial charge in [0.2, 0.25) is 0 Å². The van der Waals surface area contributed by atoms with Gasteiger partial charge in [0.15, 0.2) is 0 Å². The monoisotopic (exact) mass is 341 g/mol. The van der Waals surface area contributed by atoms with Crippen LogP contribution in [0.5, 0.6) is 5.75 Å². The Morgan fingerprint density at radius 1 is 1.21 bits per heavy atom. The highest BCUT2D eigenvalue weighted by Crippen LogP contribution is 2.29. The van der Waals surface area contributed by atoms with E-state index in [9.17, 15) is 4.79 Å². The molecule has 2 heterocycles. The van der Waals surface area contributed by atoms with E-state index >= 15 is 0 Å². The van der Waals surface area contributed by atoms with Crippen molar-refractivity contribution < 1.29 is 13.9 Å². The fourth-order valence-corrected chi connectivity index (χ4v) is 3.26. The van der Waals surface area contributed by atoms with Crippen molar-refractivity contribution in [3.63, 3.8) is 0 Å². The molecular formula is C19H19NO3S. The normalized spacial score (nSPS) is 11.9. The fraction of sp³-hybridized carbons (Fsp3) is 0.211. The lowest BCUT2D eigenvalue weighted by molar-refractivity contribution is 0.0956. The van der Waals surface area contributed by atoms with Gasteiger partial charge in [-0.3, -0.25) is 4.79 Å². The first kappa shape index (κ1) is 16.3. The Labute approximate surface area is 145 Å². The number of methoxy groups -OCH3 is 1. The standard InChI is InChI=1S/C19H19NO3S/c1-22-15-8-6-14(7-9-15)16(17-4-2-12-23-17)10-11-20-19(21)18-5-3-13-24-18/h2-9,12-13,16H,10-11H2,1H3,(H,20,21)/t16-/m1/s1. The number of carbonyl (C=O) groups excluding carboxylic acids is 1. The van der Waals surface area contributed by atoms with Gasteiger partial charge in [0.05, 0.1) is 18.3 Å². The van der Waals surface area contributed by atoms with Crippen LogP contribution in [-0.4, -0.2) is 19.6 Å². The van der Waals surface area contributed by atoms with Gasteiger partial charge in [-0.2, -0.15) is 0 Å². The average Bonchev–Trinajstić information content (AvgIpc) is 3.32. The summed E-state index contributed by atoms with van der Waals surface area (Å²) in [6.45, 7) is 0.578. The number of furan rings is 1. The van der Waals surface area contributed by atoms with E-state index in [1.807, 2.05) is 53.9 Å². The van der Waals surface area contributed by atoms with Gasteiger partial charge in [0, 0.05) is 12.5 Å². The number of nitrogens with one attached hydrogen (secondary N) is 1. The van der Waals surface area contributed by atoms with Gasteiger partial charge in [-0.15, -0.1) is 11.3 Å². The highest BCUT2D eigenvalue weighted by Gasteiger charge is 2.17. The van der Waals surface area contributed by atoms with Crippen LogP contribution in [0, 0.1) is 0 Å². The van der Waals surface area contributed by atoms with Crippen LogP contribution in [0.25, 0.3) is 0 Å². The Kier molecular flexibility index (Phi) is 5.33. The van der Waals surface area contributed by atoms with Gasteiger partial charge in [0.1, 0.15) is 11.5 Å². The van der Waals surface area contributed by atoms with Crippen LogP contribution >= 0.6 is 11.3 Å². The molecule has 0 saturated heterocycles. The van der Waals surface area contributed by atoms with Crippen LogP contribution in [0.1, 0.15) is 33.3 Å². The summed E-state index contributed by atoms with van der Waals surface area (Å²) >= 11 is 1.44. The van der Waals surface area contributed by atoms with Crippen molar-refractivity contribution in [1.29, 1.82) is 0 Å². The van der Waals surface area contributed by atoms with Gasteiger partial charge in [-0.1, -0.05) is 18.2 Å². The van der Waals surface area contributed by atoms with Crippen molar-refractivity contribution in [2.24, 2.45) is 0 Å². The van der Waals surface area contributed by atoms with E-state index < -0.39 is 0 Å². The van der Waals surface area contributed by atoms with Crippen LogP contribution in [0.15, 0.2) is 64.6 Å². The molecule has 1 aromatic carbocycles. The van der Waals surface area contributed by atoms with Crippen LogP contribution in [-0.2, 0) is 0 Å². The molecule has 24 heavy (non-hydrogen) atoms. The first-order valence-electron chi connectivity index (χ1n) is 7.77. The second-order valence-electron chi connectivity index (χ2n) is 5.36. The molecule has 0 aliphatic rings. The molecule has 0 unspecified atom stereocenters. The number of carbonyl (C=O) groups is 1. The molecule has 0 spiro atoms. The molecule has 0 fully saturated rings. The Morgan fingerprint density at radius 3 is 2.67 bits per heavy atom. The summed E-state index contributed by atoms with van der Waals surface area (Å²) in [6.07, 6.45) is 2.44. The summed E-state index contributed by atoms with van der Waals surface area (Å²) < 4.78 is 10.8. The Bertz CT molecular complexity index is 749. The maximum Gasteiger partial charge on any atom is 0.261 e. The highest BCUT2D eigenvalue weighted by atomic mass is 32.1. The quantitative estimate of drug-likeness (QED) is 0.697. The third-order valence-electron chi connectivity index (χ3n) is 3.87. The van der Waals surface area contributed by atoms with Crippen molar-refractivity contribution in [2.75, 3.05) is 13.7 Å². The SMILES string of the molecule is COc1ccc([C@@H](CCNC(=O)c2cccs2)c2ccco2)cc1. The van der Waals surface area contributed by atoms with Crippen molar-refractivity contribution in [3.05, 3.63) is 76.4 Å². The fourth-order valence-electron chi connectivity index (χ4n) is 2.62. The first-order chi connectivity index (χ1) is 11.8. The third-order valence-corrected chi connectivity index (χ3v) is 4.74. The molecule has 1 amide bonds. The van der Waals surface area contributed by atoms with Crippen LogP contribution < -0.4 is 10.1 Å². The van der Waals surface area contributed by atoms with Crippen LogP contribution in [0.3, 0.4) is 0 Å². The number of thiophene rings is 1. The highest BCUT2D eigenvalue weighted by molar-refractivity contribution is 7.12. The number of hydrogen-bond donors (Lipinski definition) is 1. The predicted octanol–water partition coefficient (Wildman–Crippen LogP) is 4.30. The minimum absolute atomic E-state index is 0.0297. The summed E-state index contributed by atoms with van der Waals surface area (Å²) in [5, 5.41) is 4.88. The van der Waals surface area contributed by atoms with Crippen molar-refractivity contribution in [2.45, 2.75) is 12.3 Å². The summed E-state index contributed by atoms with van der Waals surface area (Å²) in [4.78, 5) is 12.8. The van der Waals surface area contributed by atoms with Crippen molar-refractivity contribution >= 4 is 17.2 Å². The van der Waals surface area contributed by atoms with E-state index in [0.717, 1.165) is 28.4 Å². The van der Waals surface area contributed by atoms with E-state index in [2.05, 4.69) is 5.32 Å². The summed E-state index contributed by atoms with van der Waals surface area (Å²) in [6, 6.07) is 15.5. The van der Waals surface area contributed by atoms with E-state index in [0.29, 0.717) is 6.54 Å². The lowest BCUT2D eigenvalue weighted by Crippen LogP contribution is -2.25. The smallest absolute Gasteiger partial charge is 0.261 e. The molecule has 1 atom stereocenters. The minimum atomic E-state index is -0.0297. The van der Waals surface area contributed by atoms with Gasteiger partial charge in [-0.25, -0.2) is 0 Å². The lowest BCUT2D eigenvalue weighted by atomic mass is 9.93. The molecule has 0 aliphatic heterocycles. The molecule has 2 aromatic heterocycles. The predicted molar refractivity (Wildman–Crippen MR) is 94.8 cm³/mol. The number of amides is 1. The summed E-state index contributed by atoms with van der Waals surface area (Å²) in [5.74, 6) is 1.78. The van der Waals surface area contributed by atoms with Gasteiger partial charge in [-0.05, 0) is 47.7 Å². The number of benzene rings is 1. The molecule has 0 bridgehead atoms. The maximum atomic E-state index is 12.1. The molecule has 1 N–H and O–H groups in total. The number of ether oxygens (including phenoxy) is 1. The minimum Gasteiger partial charge on any atom is -0.497 e. The Hall–Kier alpha value is -2.53. The van der Waals surface area contributed by atoms with Gasteiger partial charge in [0.25, 0.3) is 5.91 Å². The lowest BCUT2D eigenvalue weighted by Gasteiger charge is -2.16. The summed E-state index contributed by atoms with van der Waals surface area (Å²) in [7, 11) is 1.65. The van der Waals surface area contributed by atoms with Crippen molar-refractivity contribution in [1.82, 2.24) is 5.32 Å². The maximum absolute atomic E-state index is 12.1. The summed E-state index contributed by atoms with van der Waals surface area (Å²) in [5.41, 5.74) is 1.14. The Morgan fingerprint density at radius 2 is 2.04 bits per heavy atom. The first-order valence-corrected chi connectivity index (χ1v) is 8.65. The van der Waals surface area contributed by atoms with E-state index in [-0.39, 0.29) is 11.8 Å². The van der Waals surface area contributed by atoms with Gasteiger partial charge >= 0.3 is 0 Å². The van der Waals surface area contributed by atoms with E-state index in [1.54, 1.807) is 13.4 Å². The zero-order valence-electron chi connectivity index (χ0n) is 13.4. The molecular weight excluding hydrogens is 322 g/mol. The molecule has 0 saturated carbocycles.